The highest BCUT2D eigenvalue weighted by molar-refractivity contribution is 7.47. The Morgan fingerprint density at radius 2 is 1.44 bits per heavy atom. The minimum absolute atomic E-state index is 0. The Morgan fingerprint density at radius 1 is 0.777 bits per heavy atom. The van der Waals surface area contributed by atoms with Gasteiger partial charge in [-0.05, 0) is 70.2 Å². The number of nitrogen functional groups attached to an aromatic ring is 1. The number of hydrogen-bond donors (Lipinski definition) is 11. The number of anilines is 2. The molecule has 4 aromatic rings. The number of aromatic nitrogens is 6. The number of aliphatic hydroxyl groups excluding tert-OH is 1. The molecule has 0 radical (unpaired) electrons. The lowest BCUT2D eigenvalue weighted by atomic mass is 10.0. The second-order valence-corrected chi connectivity index (χ2v) is 28.3. The number of nitrogens with two attached hydrogens (primary N) is 1. The number of benzene rings is 1. The van der Waals surface area contributed by atoms with Gasteiger partial charge in [0.25, 0.3) is 0 Å². The van der Waals surface area contributed by atoms with E-state index in [1.54, 1.807) is 86.2 Å². The first-order valence-corrected chi connectivity index (χ1v) is 35.8. The van der Waals surface area contributed by atoms with Crippen LogP contribution < -0.4 is 47.6 Å². The van der Waals surface area contributed by atoms with Gasteiger partial charge in [-0.1, -0.05) is 32.4 Å². The maximum atomic E-state index is 15.0. The summed E-state index contributed by atoms with van der Waals surface area (Å²) in [7, 11) is -5.41. The molecule has 3 aliphatic heterocycles. The molecule has 0 spiro atoms. The average molecular weight is 1500 g/mol. The topological polar surface area (TPSA) is 506 Å². The smallest absolute Gasteiger partial charge is 0.472 e. The highest BCUT2D eigenvalue weighted by Crippen LogP contribution is 2.51. The first kappa shape index (κ1) is 83.5. The molecule has 5 amide bonds. The molecule has 0 aliphatic carbocycles. The Bertz CT molecular complexity index is 3700. The summed E-state index contributed by atoms with van der Waals surface area (Å²) in [6.07, 6.45) is -1.73. The highest BCUT2D eigenvalue weighted by atomic mass is 31.2. The third kappa shape index (κ3) is 26.6. The molecule has 103 heavy (non-hydrogen) atoms. The lowest BCUT2D eigenvalue weighted by Crippen LogP contribution is -2.58. The van der Waals surface area contributed by atoms with E-state index in [0.29, 0.717) is 56.0 Å². The van der Waals surface area contributed by atoms with E-state index in [-0.39, 0.29) is 108 Å². The number of carbonyl (C=O) groups is 7. The van der Waals surface area contributed by atoms with Crippen molar-refractivity contribution in [3.63, 3.8) is 0 Å². The van der Waals surface area contributed by atoms with Crippen LogP contribution in [0.4, 0.5) is 16.4 Å². The fourth-order valence-electron chi connectivity index (χ4n) is 11.0. The van der Waals surface area contributed by atoms with E-state index in [1.165, 1.54) is 48.4 Å². The summed E-state index contributed by atoms with van der Waals surface area (Å²) < 4.78 is 75.0. The van der Waals surface area contributed by atoms with Crippen LogP contribution in [-0.2, 0) is 76.6 Å². The van der Waals surface area contributed by atoms with Crippen LogP contribution in [0.5, 0.6) is 5.75 Å². The van der Waals surface area contributed by atoms with Gasteiger partial charge in [0.1, 0.15) is 72.8 Å². The van der Waals surface area contributed by atoms with Crippen molar-refractivity contribution in [1.29, 1.82) is 0 Å². The number of carbonyl (C=O) groups excluding carboxylic acids is 5. The first-order valence-electron chi connectivity index (χ1n) is 32.8. The van der Waals surface area contributed by atoms with Crippen molar-refractivity contribution in [1.82, 2.24) is 70.4 Å². The molecule has 39 nitrogen and oxygen atoms in total. The minimum Gasteiger partial charge on any atom is -0.497 e. The fourth-order valence-corrected chi connectivity index (χ4v) is 12.8. The summed E-state index contributed by atoms with van der Waals surface area (Å²) in [5, 5.41) is 44.5. The second kappa shape index (κ2) is 38.9. The molecule has 41 heteroatoms. The van der Waals surface area contributed by atoms with Crippen molar-refractivity contribution in [3.05, 3.63) is 77.6 Å². The monoisotopic (exact) mass is 1490 g/mol. The van der Waals surface area contributed by atoms with E-state index < -0.39 is 131 Å². The molecule has 11 atom stereocenters. The summed E-state index contributed by atoms with van der Waals surface area (Å²) in [4.78, 5) is 149. The highest BCUT2D eigenvalue weighted by Gasteiger charge is 2.49. The van der Waals surface area contributed by atoms with Crippen molar-refractivity contribution < 1.29 is 105 Å². The number of phosphoric ester groups is 2. The van der Waals surface area contributed by atoms with Gasteiger partial charge in [0.15, 0.2) is 23.2 Å². The van der Waals surface area contributed by atoms with Gasteiger partial charge in [0.05, 0.1) is 52.4 Å². The zero-order chi connectivity index (χ0) is 74.5. The Labute approximate surface area is 594 Å². The van der Waals surface area contributed by atoms with Crippen molar-refractivity contribution in [2.75, 3.05) is 111 Å². The maximum absolute atomic E-state index is 15.0. The number of unbranched alkanes of at least 4 members (excludes halogenated alkanes) is 3. The summed E-state index contributed by atoms with van der Waals surface area (Å²) in [5.41, 5.74) is 4.83. The van der Waals surface area contributed by atoms with E-state index in [2.05, 4.69) is 46.5 Å². The second-order valence-electron chi connectivity index (χ2n) is 25.4. The Kier molecular flexibility index (Phi) is 31.5. The molecular formula is C62H96N16O23P2. The SMILES string of the molecule is C.COc1ccc(C[C@H](NC(=O)[C@@H](CCCNC(C)=O)NC(=O)OC(C)(C)C)C(=O)NC2[C@@H](COP(=O)(O)OC3C[C@H](n4ccc(N)nc4=O)O[C@@H]3COP(=O)(O)OCCCCCCNC(=O)CN3C=CN(CC(=O)O)CCN(CC(=O)O)CC3)O[C@@H](n3cnc4c(N(C)C)ncnc43)[C@H]2O)cc1. The minimum atomic E-state index is -5.40. The van der Waals surface area contributed by atoms with Crippen LogP contribution in [0.3, 0.4) is 0 Å². The van der Waals surface area contributed by atoms with Crippen LogP contribution in [0.2, 0.25) is 0 Å². The summed E-state index contributed by atoms with van der Waals surface area (Å²) >= 11 is 0. The number of alkyl carbamates (subject to hydrolysis) is 1. The number of methoxy groups -OCH3 is 1. The number of fused-ring (bicyclic) bond motifs is 1. The molecule has 0 bridgehead atoms. The molecule has 572 valence electrons. The van der Waals surface area contributed by atoms with E-state index >= 15 is 0 Å². The zero-order valence-electron chi connectivity index (χ0n) is 57.6. The third-order valence-corrected chi connectivity index (χ3v) is 18.0. The van der Waals surface area contributed by atoms with Crippen LogP contribution in [0.25, 0.3) is 11.2 Å². The number of hydrogen-bond acceptors (Lipinski definition) is 28. The molecular weight excluding hydrogens is 1400 g/mol. The number of carboxylic acids is 2. The largest absolute Gasteiger partial charge is 0.497 e. The van der Waals surface area contributed by atoms with Crippen LogP contribution in [-0.4, -0.2) is 259 Å². The summed E-state index contributed by atoms with van der Waals surface area (Å²) in [6.45, 7) is 5.12. The molecule has 7 rings (SSSR count). The van der Waals surface area contributed by atoms with E-state index in [1.807, 2.05) is 0 Å². The van der Waals surface area contributed by atoms with Crippen LogP contribution >= 0.6 is 15.6 Å². The number of carboxylic acid groups (broad SMARTS) is 2. The molecule has 12 N–H and O–H groups in total. The van der Waals surface area contributed by atoms with Crippen LogP contribution in [0.1, 0.15) is 98.1 Å². The van der Waals surface area contributed by atoms with Gasteiger partial charge in [0.2, 0.25) is 23.6 Å². The number of amides is 5. The molecule has 3 aromatic heterocycles. The standard InChI is InChI=1S/C61H92N16O23P2.CH4/c1-38(78)63-20-12-13-41(69-60(88)99-61(2,3)4)56(85)68-42(29-39-14-16-40(93-7)17-15-39)57(86)71-51-45(98-58(53(51)84)77-37-67-52-54(72(5)6)65-36-66-55(52)77)35-96-102(91,92)100-43-30-48(76-21-18-46(62)70-59(76)87)97-44(43)34-95-101(89,90)94-28-11-9-8-10-19-64-47(79)31-73-22-24-74(32-49(80)81)26-27-75(25-23-73)33-50(82)83;/h14-18,21-22,24,36-37,41-45,48,51,53,58,84H,8-13,19-20,23,25-35H2,1-7H3,(H,63,78)(H,64,79)(H,68,85)(H,69,88)(H,71,86)(H,80,81)(H,82,83)(H,89,90)(H,91,92)(H2,62,70,87);1H4/t41-,42+,43?,44-,45-,48-,51?,53+,58-;/m1./s1. The molecule has 0 saturated carbocycles. The van der Waals surface area contributed by atoms with Gasteiger partial charge in [-0.15, -0.1) is 0 Å². The van der Waals surface area contributed by atoms with Crippen LogP contribution in [0, 0.1) is 0 Å². The summed E-state index contributed by atoms with van der Waals surface area (Å²) in [6, 6.07) is 3.44. The van der Waals surface area contributed by atoms with Crippen molar-refractivity contribution in [2.24, 2.45) is 0 Å². The fraction of sp³-hybridized carbons (Fsp3) is 0.613. The number of imidazole rings is 1. The van der Waals surface area contributed by atoms with Crippen molar-refractivity contribution in [3.8, 4) is 5.75 Å². The Balaban J connectivity index is 0.0000167. The van der Waals surface area contributed by atoms with E-state index in [0.717, 1.165) is 4.57 Å². The number of aliphatic carboxylic acids is 2. The van der Waals surface area contributed by atoms with Gasteiger partial charge in [-0.2, -0.15) is 4.98 Å². The molecule has 1 aromatic carbocycles. The van der Waals surface area contributed by atoms with E-state index in [9.17, 15) is 72.6 Å². The van der Waals surface area contributed by atoms with Crippen LogP contribution in [0.15, 0.2) is 66.4 Å². The van der Waals surface area contributed by atoms with E-state index in [4.69, 9.17) is 42.8 Å². The molecule has 2 saturated heterocycles. The normalized spacial score (nSPS) is 21.1. The number of nitrogens with zero attached hydrogens (tertiary/aromatic N) is 10. The van der Waals surface area contributed by atoms with Gasteiger partial charge >= 0.3 is 39.4 Å². The third-order valence-electron chi connectivity index (χ3n) is 16.0. The zero-order valence-corrected chi connectivity index (χ0v) is 59.4. The number of ether oxygens (including phenoxy) is 4. The Hall–Kier alpha value is -8.46. The lowest BCUT2D eigenvalue weighted by molar-refractivity contribution is -0.139. The number of nitrogens with one attached hydrogen (secondary N) is 5. The van der Waals surface area contributed by atoms with Crippen molar-refractivity contribution in [2.45, 2.75) is 147 Å². The predicted octanol–water partition coefficient (Wildman–Crippen LogP) is 0.816. The number of phosphoric acid groups is 2. The number of rotatable bonds is 37. The maximum Gasteiger partial charge on any atom is 0.472 e. The van der Waals surface area contributed by atoms with Gasteiger partial charge in [0, 0.05) is 91.7 Å². The summed E-state index contributed by atoms with van der Waals surface area (Å²) in [5.74, 6) is -3.81. The quantitative estimate of drug-likeness (QED) is 0.0220. The molecule has 6 heterocycles. The average Bonchev–Trinajstić information content (AvgIpc) is 1.62. The molecule has 3 aliphatic rings. The number of aliphatic hydroxyl groups is 1. The predicted molar refractivity (Wildman–Crippen MR) is 367 cm³/mol. The van der Waals surface area contributed by atoms with Gasteiger partial charge in [-0.3, -0.25) is 60.9 Å². The van der Waals surface area contributed by atoms with Gasteiger partial charge < -0.3 is 91.1 Å². The van der Waals surface area contributed by atoms with Crippen molar-refractivity contribution >= 4 is 80.1 Å². The molecule has 4 unspecified atom stereocenters. The first-order chi connectivity index (χ1) is 48.2. The van der Waals surface area contributed by atoms with Gasteiger partial charge in [-0.25, -0.2) is 33.7 Å². The molecule has 2 fully saturated rings. The Morgan fingerprint density at radius 3 is 2.09 bits per heavy atom. The lowest BCUT2D eigenvalue weighted by Gasteiger charge is -2.28.